The maximum absolute atomic E-state index is 13.5. The third-order valence-electron chi connectivity index (χ3n) is 7.00. The molecule has 0 saturated carbocycles. The highest BCUT2D eigenvalue weighted by Crippen LogP contribution is 2.50. The van der Waals surface area contributed by atoms with Gasteiger partial charge in [0.1, 0.15) is 11.6 Å². The number of carbonyl (C=O) groups is 2. The Labute approximate surface area is 261 Å². The number of carbonyl (C=O) groups excluding carboxylic acids is 2. The molecule has 1 amide bonds. The van der Waals surface area contributed by atoms with Crippen LogP contribution in [0.25, 0.3) is 0 Å². The number of ether oxygens (including phenoxy) is 3. The minimum Gasteiger partial charge on any atom is -0.496 e. The Morgan fingerprint density at radius 3 is 2.51 bits per heavy atom. The molecule has 1 aliphatic heterocycles. The fourth-order valence-electron chi connectivity index (χ4n) is 5.10. The summed E-state index contributed by atoms with van der Waals surface area (Å²) >= 11 is 8.34. The average molecular weight is 639 g/mol. The van der Waals surface area contributed by atoms with Crippen LogP contribution in [0.15, 0.2) is 63.4 Å². The molecule has 3 aromatic rings. The van der Waals surface area contributed by atoms with Crippen LogP contribution in [0.5, 0.6) is 17.2 Å². The molecule has 0 bridgehead atoms. The van der Waals surface area contributed by atoms with E-state index in [0.29, 0.717) is 73.5 Å². The predicted molar refractivity (Wildman–Crippen MR) is 165 cm³/mol. The minimum atomic E-state index is -0.780. The fraction of sp³-hybridized carbons (Fsp3) is 0.276. The third kappa shape index (κ3) is 5.99. The molecule has 0 fully saturated rings. The molecule has 0 radical (unpaired) electrons. The zero-order chi connectivity index (χ0) is 30.7. The van der Waals surface area contributed by atoms with Crippen molar-refractivity contribution in [3.8, 4) is 23.3 Å². The number of nitriles is 1. The number of nitrogens with zero attached hydrogens (tertiary/aromatic N) is 4. The number of ketones is 1. The van der Waals surface area contributed by atoms with Crippen molar-refractivity contribution < 1.29 is 23.8 Å². The molecule has 2 aliphatic rings. The lowest BCUT2D eigenvalue weighted by Crippen LogP contribution is -2.38. The number of methoxy groups -OCH3 is 3. The number of hydrogen-bond acceptors (Lipinski definition) is 12. The second kappa shape index (κ2) is 12.9. The van der Waals surface area contributed by atoms with Crippen molar-refractivity contribution in [1.82, 2.24) is 10.2 Å². The summed E-state index contributed by atoms with van der Waals surface area (Å²) in [5, 5.41) is 22.7. The maximum atomic E-state index is 13.5. The molecule has 14 heteroatoms. The summed E-state index contributed by atoms with van der Waals surface area (Å²) in [6.45, 7) is 0. The van der Waals surface area contributed by atoms with E-state index in [2.05, 4.69) is 21.6 Å². The third-order valence-corrected chi connectivity index (χ3v) is 9.30. The van der Waals surface area contributed by atoms with Gasteiger partial charge in [0.2, 0.25) is 11.0 Å². The summed E-state index contributed by atoms with van der Waals surface area (Å²) in [6.07, 6.45) is 1.49. The van der Waals surface area contributed by atoms with Crippen LogP contribution in [0, 0.1) is 11.3 Å². The van der Waals surface area contributed by atoms with Crippen molar-refractivity contribution in [3.05, 3.63) is 69.6 Å². The lowest BCUT2D eigenvalue weighted by molar-refractivity contribution is -0.116. The number of nitrogens with two attached hydrogens (primary N) is 1. The van der Waals surface area contributed by atoms with Crippen molar-refractivity contribution in [2.24, 2.45) is 5.73 Å². The molecular formula is C29H27ClN6O5S2. The maximum Gasteiger partial charge on any atom is 0.234 e. The molecule has 1 unspecified atom stereocenters. The van der Waals surface area contributed by atoms with Crippen LogP contribution in [0.3, 0.4) is 0 Å². The van der Waals surface area contributed by atoms with Gasteiger partial charge in [0.25, 0.3) is 0 Å². The highest BCUT2D eigenvalue weighted by molar-refractivity contribution is 8.01. The Balaban J connectivity index is 1.48. The van der Waals surface area contributed by atoms with Gasteiger partial charge in [-0.3, -0.25) is 14.5 Å². The van der Waals surface area contributed by atoms with Crippen LogP contribution < -0.4 is 30.2 Å². The number of amides is 1. The number of aromatic nitrogens is 2. The van der Waals surface area contributed by atoms with Gasteiger partial charge in [-0.2, -0.15) is 5.26 Å². The van der Waals surface area contributed by atoms with Gasteiger partial charge in [-0.1, -0.05) is 34.7 Å². The van der Waals surface area contributed by atoms with Crippen LogP contribution in [-0.4, -0.2) is 49.0 Å². The van der Waals surface area contributed by atoms with Gasteiger partial charge in [-0.05, 0) is 43.2 Å². The van der Waals surface area contributed by atoms with Gasteiger partial charge in [0, 0.05) is 40.0 Å². The lowest BCUT2D eigenvalue weighted by Gasteiger charge is -2.38. The van der Waals surface area contributed by atoms with Crippen LogP contribution in [0.4, 0.5) is 10.8 Å². The normalized spacial score (nSPS) is 16.5. The summed E-state index contributed by atoms with van der Waals surface area (Å²) in [5.41, 5.74) is 9.16. The molecule has 11 nitrogen and oxygen atoms in total. The van der Waals surface area contributed by atoms with Crippen LogP contribution >= 0.6 is 34.7 Å². The Kier molecular flexibility index (Phi) is 9.10. The first kappa shape index (κ1) is 30.2. The van der Waals surface area contributed by atoms with E-state index in [4.69, 9.17) is 31.5 Å². The van der Waals surface area contributed by atoms with E-state index in [-0.39, 0.29) is 28.8 Å². The van der Waals surface area contributed by atoms with Gasteiger partial charge in [-0.15, -0.1) is 10.2 Å². The first-order valence-corrected chi connectivity index (χ1v) is 15.2. The number of halogens is 1. The standard InChI is InChI=1S/C29H27ClN6O5S2/c1-39-21-12-23(41-3)22(40-2)11-17(21)25-18(13-31)27(32)36(19-5-4-6-20(37)26(19)25)28-34-35-29(43-28)42-14-24(38)33-16-9-7-15(30)8-10-16/h7-12,25H,4-6,14,32H2,1-3H3,(H,33,38). The smallest absolute Gasteiger partial charge is 0.234 e. The molecule has 222 valence electrons. The van der Waals surface area contributed by atoms with Crippen molar-refractivity contribution in [2.45, 2.75) is 29.5 Å². The second-order valence-corrected chi connectivity index (χ2v) is 12.1. The molecule has 2 aromatic carbocycles. The topological polar surface area (TPSA) is 153 Å². The Morgan fingerprint density at radius 2 is 1.84 bits per heavy atom. The molecule has 0 spiro atoms. The van der Waals surface area contributed by atoms with Crippen LogP contribution in [-0.2, 0) is 9.59 Å². The largest absolute Gasteiger partial charge is 0.496 e. The molecule has 0 saturated heterocycles. The number of thioether (sulfide) groups is 1. The molecule has 5 rings (SSSR count). The van der Waals surface area contributed by atoms with Gasteiger partial charge >= 0.3 is 0 Å². The predicted octanol–water partition coefficient (Wildman–Crippen LogP) is 5.25. The first-order valence-electron chi connectivity index (χ1n) is 13.1. The zero-order valence-corrected chi connectivity index (χ0v) is 25.9. The van der Waals surface area contributed by atoms with Crippen molar-refractivity contribution in [2.75, 3.05) is 37.3 Å². The summed E-state index contributed by atoms with van der Waals surface area (Å²) in [5.74, 6) is 0.444. The Morgan fingerprint density at radius 1 is 1.14 bits per heavy atom. The van der Waals surface area contributed by atoms with E-state index in [0.717, 1.165) is 0 Å². The highest BCUT2D eigenvalue weighted by Gasteiger charge is 2.42. The van der Waals surface area contributed by atoms with Crippen molar-refractivity contribution >= 4 is 57.2 Å². The summed E-state index contributed by atoms with van der Waals surface area (Å²) in [6, 6.07) is 12.4. The minimum absolute atomic E-state index is 0.0914. The highest BCUT2D eigenvalue weighted by atomic mass is 35.5. The van der Waals surface area contributed by atoms with Gasteiger partial charge in [-0.25, -0.2) is 0 Å². The fourth-order valence-corrected chi connectivity index (χ4v) is 6.91. The molecule has 1 atom stereocenters. The molecule has 3 N–H and O–H groups in total. The van der Waals surface area contributed by atoms with E-state index in [1.54, 1.807) is 41.3 Å². The zero-order valence-electron chi connectivity index (χ0n) is 23.5. The van der Waals surface area contributed by atoms with Crippen LogP contribution in [0.1, 0.15) is 30.7 Å². The number of allylic oxidation sites excluding steroid dienone is 3. The molecule has 2 heterocycles. The van der Waals surface area contributed by atoms with Crippen LogP contribution in [0.2, 0.25) is 5.02 Å². The van der Waals surface area contributed by atoms with Gasteiger partial charge in [0.15, 0.2) is 21.6 Å². The average Bonchev–Trinajstić information content (AvgIpc) is 3.48. The second-order valence-electron chi connectivity index (χ2n) is 9.46. The molecule has 1 aromatic heterocycles. The SMILES string of the molecule is COc1cc(OC)c(C2C(C#N)=C(N)N(c3nnc(SCC(=O)Nc4ccc(Cl)cc4)s3)C3=C2C(=O)CCC3)cc1OC. The molecule has 43 heavy (non-hydrogen) atoms. The molecular weight excluding hydrogens is 612 g/mol. The lowest BCUT2D eigenvalue weighted by atomic mass is 9.75. The number of hydrogen-bond donors (Lipinski definition) is 2. The number of benzene rings is 2. The quantitative estimate of drug-likeness (QED) is 0.295. The number of rotatable bonds is 9. The number of anilines is 2. The Bertz CT molecular complexity index is 1680. The first-order chi connectivity index (χ1) is 20.8. The number of nitrogens with one attached hydrogen (secondary N) is 1. The van der Waals surface area contributed by atoms with Gasteiger partial charge in [0.05, 0.1) is 44.6 Å². The van der Waals surface area contributed by atoms with Gasteiger partial charge < -0.3 is 25.3 Å². The van der Waals surface area contributed by atoms with E-state index >= 15 is 0 Å². The van der Waals surface area contributed by atoms with E-state index in [9.17, 15) is 14.9 Å². The van der Waals surface area contributed by atoms with E-state index < -0.39 is 5.92 Å². The molecule has 1 aliphatic carbocycles. The summed E-state index contributed by atoms with van der Waals surface area (Å²) in [4.78, 5) is 27.7. The monoisotopic (exact) mass is 638 g/mol. The van der Waals surface area contributed by atoms with E-state index in [1.807, 2.05) is 0 Å². The number of Topliss-reactive ketones (excluding diaryl/α,β-unsaturated/α-hetero) is 1. The summed E-state index contributed by atoms with van der Waals surface area (Å²) in [7, 11) is 4.53. The Hall–Kier alpha value is -4.25. The van der Waals surface area contributed by atoms with Crippen molar-refractivity contribution in [1.29, 1.82) is 5.26 Å². The van der Waals surface area contributed by atoms with E-state index in [1.165, 1.54) is 44.4 Å². The van der Waals surface area contributed by atoms with Crippen molar-refractivity contribution in [3.63, 3.8) is 0 Å². The summed E-state index contributed by atoms with van der Waals surface area (Å²) < 4.78 is 17.1.